The molecule has 2 aromatic carbocycles. The van der Waals surface area contributed by atoms with Gasteiger partial charge in [-0.3, -0.25) is 9.59 Å². The first-order valence-corrected chi connectivity index (χ1v) is 12.0. The highest BCUT2D eigenvalue weighted by molar-refractivity contribution is 5.79. The minimum Gasteiger partial charge on any atom is -0.494 e. The zero-order valence-corrected chi connectivity index (χ0v) is 19.9. The molecule has 2 heterocycles. The van der Waals surface area contributed by atoms with Crippen LogP contribution in [0.2, 0.25) is 0 Å². The third-order valence-electron chi connectivity index (χ3n) is 6.22. The van der Waals surface area contributed by atoms with Gasteiger partial charge >= 0.3 is 0 Å². The summed E-state index contributed by atoms with van der Waals surface area (Å²) in [7, 11) is 0. The Balaban J connectivity index is 1.44. The lowest BCUT2D eigenvalue weighted by molar-refractivity contribution is -0.125. The van der Waals surface area contributed by atoms with Gasteiger partial charge in [-0.05, 0) is 56.0 Å². The molecule has 0 spiro atoms. The van der Waals surface area contributed by atoms with E-state index in [1.807, 2.05) is 55.5 Å². The Morgan fingerprint density at radius 2 is 1.88 bits per heavy atom. The molecule has 1 fully saturated rings. The summed E-state index contributed by atoms with van der Waals surface area (Å²) in [5.41, 5.74) is 2.74. The highest BCUT2D eigenvalue weighted by atomic mass is 16.5. The van der Waals surface area contributed by atoms with Crippen LogP contribution in [-0.2, 0) is 17.8 Å². The number of aryl methyl sites for hydroxylation is 1. The van der Waals surface area contributed by atoms with Crippen LogP contribution in [0.25, 0.3) is 5.69 Å². The van der Waals surface area contributed by atoms with Crippen molar-refractivity contribution in [1.29, 1.82) is 0 Å². The molecular weight excluding hydrogens is 428 g/mol. The topological polar surface area (TPSA) is 76.5 Å². The number of benzene rings is 2. The van der Waals surface area contributed by atoms with E-state index in [9.17, 15) is 9.59 Å². The Labute approximate surface area is 200 Å². The molecule has 7 heteroatoms. The molecule has 1 aliphatic heterocycles. The molecule has 1 saturated heterocycles. The van der Waals surface area contributed by atoms with Crippen molar-refractivity contribution in [3.05, 3.63) is 82.1 Å². The maximum atomic E-state index is 13.0. The Morgan fingerprint density at radius 3 is 2.65 bits per heavy atom. The predicted molar refractivity (Wildman–Crippen MR) is 134 cm³/mol. The monoisotopic (exact) mass is 460 g/mol. The van der Waals surface area contributed by atoms with Crippen LogP contribution in [0.15, 0.2) is 65.5 Å². The van der Waals surface area contributed by atoms with Crippen LogP contribution >= 0.6 is 0 Å². The fourth-order valence-electron chi connectivity index (χ4n) is 4.30. The average Bonchev–Trinajstić information content (AvgIpc) is 2.88. The van der Waals surface area contributed by atoms with Gasteiger partial charge in [0, 0.05) is 31.3 Å². The number of carbonyl (C=O) groups excluding carboxylic acids is 1. The maximum absolute atomic E-state index is 13.0. The van der Waals surface area contributed by atoms with Crippen LogP contribution in [0.4, 0.5) is 5.82 Å². The number of anilines is 1. The normalized spacial score (nSPS) is 15.7. The summed E-state index contributed by atoms with van der Waals surface area (Å²) in [5.74, 6) is 1.39. The molecule has 1 aromatic heterocycles. The molecule has 1 amide bonds. The number of nitrogens with one attached hydrogen (secondary N) is 1. The first-order valence-electron chi connectivity index (χ1n) is 12.0. The number of rotatable bonds is 8. The zero-order valence-electron chi connectivity index (χ0n) is 19.9. The number of hydrogen-bond donors (Lipinski definition) is 1. The van der Waals surface area contributed by atoms with Crippen LogP contribution in [0.1, 0.15) is 37.8 Å². The summed E-state index contributed by atoms with van der Waals surface area (Å²) in [6, 6.07) is 18.9. The number of amides is 1. The summed E-state index contributed by atoms with van der Waals surface area (Å²) >= 11 is 0. The van der Waals surface area contributed by atoms with Crippen LogP contribution in [-0.4, -0.2) is 35.4 Å². The van der Waals surface area contributed by atoms with E-state index in [2.05, 4.69) is 22.2 Å². The van der Waals surface area contributed by atoms with Crippen molar-refractivity contribution in [2.24, 2.45) is 5.92 Å². The molecule has 0 radical (unpaired) electrons. The fourth-order valence-corrected chi connectivity index (χ4v) is 4.30. The molecule has 1 aliphatic rings. The Morgan fingerprint density at radius 1 is 1.09 bits per heavy atom. The summed E-state index contributed by atoms with van der Waals surface area (Å²) < 4.78 is 7.10. The van der Waals surface area contributed by atoms with Gasteiger partial charge in [-0.15, -0.1) is 5.10 Å². The number of nitrogens with zero attached hydrogens (tertiary/aromatic N) is 3. The summed E-state index contributed by atoms with van der Waals surface area (Å²) in [4.78, 5) is 27.5. The van der Waals surface area contributed by atoms with Gasteiger partial charge < -0.3 is 15.0 Å². The number of para-hydroxylation sites is 1. The Bertz CT molecular complexity index is 1170. The van der Waals surface area contributed by atoms with Crippen molar-refractivity contribution < 1.29 is 9.53 Å². The van der Waals surface area contributed by atoms with Gasteiger partial charge in [-0.1, -0.05) is 37.3 Å². The van der Waals surface area contributed by atoms with E-state index in [1.165, 1.54) is 10.2 Å². The van der Waals surface area contributed by atoms with Gasteiger partial charge in [0.15, 0.2) is 0 Å². The first-order chi connectivity index (χ1) is 16.6. The number of ether oxygens (including phenoxy) is 1. The molecule has 7 nitrogen and oxygen atoms in total. The molecule has 34 heavy (non-hydrogen) atoms. The highest BCUT2D eigenvalue weighted by Crippen LogP contribution is 2.23. The Hall–Kier alpha value is -3.61. The van der Waals surface area contributed by atoms with E-state index in [1.54, 1.807) is 12.1 Å². The van der Waals surface area contributed by atoms with Gasteiger partial charge in [0.05, 0.1) is 18.2 Å². The largest absolute Gasteiger partial charge is 0.494 e. The van der Waals surface area contributed by atoms with Crippen LogP contribution in [0, 0.1) is 5.92 Å². The predicted octanol–water partition coefficient (Wildman–Crippen LogP) is 3.73. The van der Waals surface area contributed by atoms with E-state index in [4.69, 9.17) is 4.74 Å². The van der Waals surface area contributed by atoms with Crippen LogP contribution < -0.4 is 20.5 Å². The maximum Gasteiger partial charge on any atom is 0.271 e. The molecular formula is C27H32N4O3. The lowest BCUT2D eigenvalue weighted by Gasteiger charge is -2.33. The van der Waals surface area contributed by atoms with Crippen molar-refractivity contribution in [3.8, 4) is 11.4 Å². The second-order valence-electron chi connectivity index (χ2n) is 8.51. The second-order valence-corrected chi connectivity index (χ2v) is 8.51. The summed E-state index contributed by atoms with van der Waals surface area (Å²) in [5, 5.41) is 7.70. The van der Waals surface area contributed by atoms with Gasteiger partial charge in [0.1, 0.15) is 11.6 Å². The molecule has 0 unspecified atom stereocenters. The van der Waals surface area contributed by atoms with Crippen molar-refractivity contribution >= 4 is 11.7 Å². The number of hydrogen-bond acceptors (Lipinski definition) is 5. The zero-order chi connectivity index (χ0) is 23.9. The Kier molecular flexibility index (Phi) is 7.62. The fraction of sp³-hybridized carbons (Fsp3) is 0.370. The molecule has 178 valence electrons. The number of piperidine rings is 1. The quantitative estimate of drug-likeness (QED) is 0.554. The average molecular weight is 461 g/mol. The van der Waals surface area contributed by atoms with Crippen molar-refractivity contribution in [2.45, 2.75) is 39.7 Å². The first kappa shape index (κ1) is 23.5. The lowest BCUT2D eigenvalue weighted by atomic mass is 9.97. The molecule has 0 saturated carbocycles. The van der Waals surface area contributed by atoms with Crippen molar-refractivity contribution in [3.63, 3.8) is 0 Å². The third kappa shape index (κ3) is 5.47. The van der Waals surface area contributed by atoms with E-state index in [0.717, 1.165) is 42.8 Å². The number of aromatic nitrogens is 2. The van der Waals surface area contributed by atoms with E-state index >= 15 is 0 Å². The number of carbonyl (C=O) groups is 1. The smallest absolute Gasteiger partial charge is 0.271 e. The van der Waals surface area contributed by atoms with Gasteiger partial charge in [0.2, 0.25) is 5.91 Å². The molecule has 1 atom stereocenters. The molecule has 0 aliphatic carbocycles. The van der Waals surface area contributed by atoms with Gasteiger partial charge in [-0.25, -0.2) is 0 Å². The van der Waals surface area contributed by atoms with E-state index < -0.39 is 0 Å². The molecule has 3 aromatic rings. The van der Waals surface area contributed by atoms with E-state index in [0.29, 0.717) is 25.5 Å². The highest BCUT2D eigenvalue weighted by Gasteiger charge is 2.27. The van der Waals surface area contributed by atoms with Crippen molar-refractivity contribution in [2.75, 3.05) is 24.6 Å². The minimum absolute atomic E-state index is 0.0273. The SMILES string of the molecule is CCOc1ccccc1CNC(=O)[C@@H]1CCCN(c2ccc(=O)n(-c3ccc(CC)cc3)n2)C1. The lowest BCUT2D eigenvalue weighted by Crippen LogP contribution is -2.43. The minimum atomic E-state index is -0.174. The summed E-state index contributed by atoms with van der Waals surface area (Å²) in [6.45, 7) is 6.43. The van der Waals surface area contributed by atoms with Gasteiger partial charge in [-0.2, -0.15) is 4.68 Å². The third-order valence-corrected chi connectivity index (χ3v) is 6.22. The van der Waals surface area contributed by atoms with E-state index in [-0.39, 0.29) is 17.4 Å². The summed E-state index contributed by atoms with van der Waals surface area (Å²) in [6.07, 6.45) is 2.66. The molecule has 0 bridgehead atoms. The van der Waals surface area contributed by atoms with Crippen LogP contribution in [0.3, 0.4) is 0 Å². The molecule has 4 rings (SSSR count). The van der Waals surface area contributed by atoms with Crippen molar-refractivity contribution in [1.82, 2.24) is 15.1 Å². The van der Waals surface area contributed by atoms with Crippen LogP contribution in [0.5, 0.6) is 5.75 Å². The van der Waals surface area contributed by atoms with Gasteiger partial charge in [0.25, 0.3) is 5.56 Å². The second kappa shape index (κ2) is 11.0. The standard InChI is InChI=1S/C27H32N4O3/c1-3-20-11-13-23(14-12-20)31-26(32)16-15-25(29-31)30-17-7-9-22(19-30)27(33)28-18-21-8-5-6-10-24(21)34-4-2/h5-6,8,10-16,22H,3-4,7,9,17-19H2,1-2H3,(H,28,33)/t22-/m1/s1. The molecule has 1 N–H and O–H groups in total.